The topological polar surface area (TPSA) is 9.23 Å². The lowest BCUT2D eigenvalue weighted by Crippen LogP contribution is -2.25. The lowest BCUT2D eigenvalue weighted by molar-refractivity contribution is 0.00977. The Balaban J connectivity index is 1.34. The molecule has 0 aromatic carbocycles. The largest absolute Gasteiger partial charge is 0.378 e. The fraction of sp³-hybridized carbons (Fsp3) is 1.00. The minimum atomic E-state index is 0.601. The van der Waals surface area contributed by atoms with Crippen LogP contribution in [0.5, 0.6) is 0 Å². The monoisotopic (exact) mass is 453 g/mol. The first kappa shape index (κ1) is 27.6. The zero-order chi connectivity index (χ0) is 21.8. The van der Waals surface area contributed by atoms with Gasteiger partial charge >= 0.3 is 0 Å². The summed E-state index contributed by atoms with van der Waals surface area (Å²) in [6.45, 7) is 3.36. The Bertz CT molecular complexity index is 373. The summed E-state index contributed by atoms with van der Waals surface area (Å²) in [5.41, 5.74) is 0. The molecule has 2 unspecified atom stereocenters. The van der Waals surface area contributed by atoms with Gasteiger partial charge in [-0.25, -0.2) is 0 Å². The molecule has 0 N–H and O–H groups in total. The lowest BCUT2D eigenvalue weighted by Gasteiger charge is -2.22. The van der Waals surface area contributed by atoms with Crippen molar-refractivity contribution >= 4 is 10.9 Å². The lowest BCUT2D eigenvalue weighted by atomic mass is 10.0. The van der Waals surface area contributed by atoms with E-state index in [-0.39, 0.29) is 0 Å². The Labute approximate surface area is 199 Å². The summed E-state index contributed by atoms with van der Waals surface area (Å²) in [5, 5.41) is 1.12. The van der Waals surface area contributed by atoms with Crippen LogP contribution in [0.2, 0.25) is 0 Å². The van der Waals surface area contributed by atoms with Crippen molar-refractivity contribution in [3.63, 3.8) is 0 Å². The van der Waals surface area contributed by atoms with Gasteiger partial charge in [-0.1, -0.05) is 77.6 Å². The summed E-state index contributed by atoms with van der Waals surface area (Å²) in [7, 11) is 0.772. The van der Waals surface area contributed by atoms with E-state index in [2.05, 4.69) is 6.92 Å². The average molecular weight is 454 g/mol. The van der Waals surface area contributed by atoms with Crippen LogP contribution in [0, 0.1) is 0 Å². The highest BCUT2D eigenvalue weighted by atomic mass is 32.2. The van der Waals surface area contributed by atoms with Gasteiger partial charge in [0.05, 0.1) is 6.10 Å². The van der Waals surface area contributed by atoms with Crippen molar-refractivity contribution in [2.75, 3.05) is 18.1 Å². The first-order valence-corrected chi connectivity index (χ1v) is 16.3. The summed E-state index contributed by atoms with van der Waals surface area (Å²) < 4.78 is 5.84. The van der Waals surface area contributed by atoms with Crippen LogP contribution in [0.15, 0.2) is 0 Å². The van der Waals surface area contributed by atoms with Crippen LogP contribution in [0.1, 0.15) is 155 Å². The third kappa shape index (κ3) is 14.2. The number of ether oxygens (including phenoxy) is 1. The zero-order valence-corrected chi connectivity index (χ0v) is 22.2. The van der Waals surface area contributed by atoms with E-state index in [1.54, 1.807) is 24.3 Å². The molecule has 1 aliphatic carbocycles. The molecule has 2 atom stereocenters. The first-order chi connectivity index (χ1) is 15.4. The molecule has 1 saturated heterocycles. The minimum absolute atomic E-state index is 0.601. The van der Waals surface area contributed by atoms with E-state index in [1.165, 1.54) is 135 Å². The van der Waals surface area contributed by atoms with Crippen LogP contribution in [0.25, 0.3) is 0 Å². The Morgan fingerprint density at radius 3 is 1.65 bits per heavy atom. The number of rotatable bonds is 20. The second kappa shape index (κ2) is 19.7. The molecule has 2 aliphatic rings. The maximum atomic E-state index is 5.84. The third-order valence-electron chi connectivity index (χ3n) is 7.74. The molecule has 0 bridgehead atoms. The number of hydrogen-bond acceptors (Lipinski definition) is 1. The molecule has 0 aromatic rings. The van der Waals surface area contributed by atoms with Gasteiger partial charge in [0.2, 0.25) is 0 Å². The molecule has 31 heavy (non-hydrogen) atoms. The summed E-state index contributed by atoms with van der Waals surface area (Å²) >= 11 is 0. The highest BCUT2D eigenvalue weighted by Crippen LogP contribution is 2.28. The van der Waals surface area contributed by atoms with E-state index in [1.807, 2.05) is 0 Å². The van der Waals surface area contributed by atoms with Crippen molar-refractivity contribution in [3.8, 4) is 0 Å². The van der Waals surface area contributed by atoms with Crippen LogP contribution in [0.4, 0.5) is 0 Å². The molecular weight excluding hydrogens is 396 g/mol. The van der Waals surface area contributed by atoms with Crippen molar-refractivity contribution < 1.29 is 4.74 Å². The molecule has 1 heterocycles. The second-order valence-electron chi connectivity index (χ2n) is 10.6. The van der Waals surface area contributed by atoms with Gasteiger partial charge in [0, 0.05) is 6.61 Å². The molecular formula is C29H57OS+. The fourth-order valence-corrected chi connectivity index (χ4v) is 8.68. The van der Waals surface area contributed by atoms with Gasteiger partial charge in [0.1, 0.15) is 16.8 Å². The van der Waals surface area contributed by atoms with Crippen molar-refractivity contribution in [3.05, 3.63) is 0 Å². The first-order valence-electron chi connectivity index (χ1n) is 14.7. The normalized spacial score (nSPS) is 21.0. The van der Waals surface area contributed by atoms with E-state index in [0.717, 1.165) is 22.8 Å². The predicted octanol–water partition coefficient (Wildman–Crippen LogP) is 9.38. The molecule has 0 amide bonds. The number of unbranched alkanes of at least 4 members (excludes halogenated alkanes) is 13. The fourth-order valence-electron chi connectivity index (χ4n) is 5.66. The standard InChI is InChI=1S/C29H57OS/c1-2-3-4-19-26-31(29-23-15-16-24-29)27-20-13-11-9-7-5-6-8-10-12-14-21-28-22-17-18-25-30-28/h28-29H,2-27H2,1H3/q+1. The second-order valence-corrected chi connectivity index (χ2v) is 13.1. The highest BCUT2D eigenvalue weighted by molar-refractivity contribution is 7.97. The summed E-state index contributed by atoms with van der Waals surface area (Å²) in [6.07, 6.45) is 34.2. The van der Waals surface area contributed by atoms with Gasteiger partial charge in [0.25, 0.3) is 0 Å². The smallest absolute Gasteiger partial charge is 0.118 e. The van der Waals surface area contributed by atoms with E-state index in [4.69, 9.17) is 4.74 Å². The van der Waals surface area contributed by atoms with Crippen molar-refractivity contribution in [2.24, 2.45) is 0 Å². The van der Waals surface area contributed by atoms with Gasteiger partial charge in [-0.3, -0.25) is 0 Å². The summed E-state index contributed by atoms with van der Waals surface area (Å²) in [4.78, 5) is 0. The third-order valence-corrected chi connectivity index (χ3v) is 10.8. The molecule has 2 fully saturated rings. The molecule has 1 saturated carbocycles. The summed E-state index contributed by atoms with van der Waals surface area (Å²) in [6, 6.07) is 0. The van der Waals surface area contributed by atoms with Crippen LogP contribution in [-0.4, -0.2) is 29.5 Å². The molecule has 184 valence electrons. The summed E-state index contributed by atoms with van der Waals surface area (Å²) in [5.74, 6) is 3.14. The average Bonchev–Trinajstić information content (AvgIpc) is 3.34. The molecule has 0 radical (unpaired) electrons. The molecule has 2 rings (SSSR count). The van der Waals surface area contributed by atoms with E-state index in [0.29, 0.717) is 6.10 Å². The van der Waals surface area contributed by atoms with Crippen molar-refractivity contribution in [1.29, 1.82) is 0 Å². The van der Waals surface area contributed by atoms with Crippen LogP contribution < -0.4 is 0 Å². The van der Waals surface area contributed by atoms with Crippen LogP contribution in [0.3, 0.4) is 0 Å². The highest BCUT2D eigenvalue weighted by Gasteiger charge is 2.31. The Kier molecular flexibility index (Phi) is 17.6. The minimum Gasteiger partial charge on any atom is -0.378 e. The van der Waals surface area contributed by atoms with Gasteiger partial charge in [-0.2, -0.15) is 0 Å². The zero-order valence-electron chi connectivity index (χ0n) is 21.4. The molecule has 0 spiro atoms. The molecule has 0 aromatic heterocycles. The SMILES string of the molecule is CCCCCC[S+](CCCCCCCCCCCCCC1CCCCO1)C1CCCC1. The van der Waals surface area contributed by atoms with Crippen LogP contribution >= 0.6 is 0 Å². The maximum absolute atomic E-state index is 5.84. The predicted molar refractivity (Wildman–Crippen MR) is 142 cm³/mol. The maximum Gasteiger partial charge on any atom is 0.118 e. The Morgan fingerprint density at radius 2 is 1.10 bits per heavy atom. The molecule has 1 nitrogen and oxygen atoms in total. The Morgan fingerprint density at radius 1 is 0.581 bits per heavy atom. The van der Waals surface area contributed by atoms with Crippen molar-refractivity contribution in [2.45, 2.75) is 166 Å². The van der Waals surface area contributed by atoms with Gasteiger partial charge in [0.15, 0.2) is 0 Å². The van der Waals surface area contributed by atoms with Gasteiger partial charge in [-0.15, -0.1) is 0 Å². The molecule has 1 aliphatic heterocycles. The van der Waals surface area contributed by atoms with Gasteiger partial charge < -0.3 is 4.74 Å². The van der Waals surface area contributed by atoms with E-state index in [9.17, 15) is 0 Å². The van der Waals surface area contributed by atoms with Crippen molar-refractivity contribution in [1.82, 2.24) is 0 Å². The molecule has 2 heteroatoms. The quantitative estimate of drug-likeness (QED) is 0.132. The van der Waals surface area contributed by atoms with Gasteiger partial charge in [-0.05, 0) is 87.9 Å². The van der Waals surface area contributed by atoms with Crippen LogP contribution in [-0.2, 0) is 15.6 Å². The van der Waals surface area contributed by atoms with E-state index >= 15 is 0 Å². The Hall–Kier alpha value is 0.310. The number of hydrogen-bond donors (Lipinski definition) is 0. The van der Waals surface area contributed by atoms with E-state index < -0.39 is 0 Å².